The Labute approximate surface area is 426 Å². The van der Waals surface area contributed by atoms with Gasteiger partial charge in [0.15, 0.2) is 11.5 Å². The second kappa shape index (κ2) is 23.3. The highest BCUT2D eigenvalue weighted by atomic mass is 33.1. The number of ketones is 1. The number of methoxy groups -OCH3 is 1. The van der Waals surface area contributed by atoms with Crippen LogP contribution in [0.1, 0.15) is 114 Å². The van der Waals surface area contributed by atoms with Gasteiger partial charge in [-0.2, -0.15) is 8.42 Å². The molecule has 4 amide bonds. The number of nitrogens with zero attached hydrogens (tertiary/aromatic N) is 3. The van der Waals surface area contributed by atoms with E-state index in [4.69, 9.17) is 14.5 Å². The molecular weight excluding hydrogens is 985 g/mol. The van der Waals surface area contributed by atoms with Crippen LogP contribution < -0.4 is 30.3 Å². The third kappa shape index (κ3) is 13.4. The van der Waals surface area contributed by atoms with Gasteiger partial charge in [-0.25, -0.2) is 0 Å². The minimum atomic E-state index is -4.47. The van der Waals surface area contributed by atoms with Gasteiger partial charge in [0.05, 0.1) is 41.6 Å². The molecule has 0 saturated heterocycles. The summed E-state index contributed by atoms with van der Waals surface area (Å²) >= 11 is 1.31. The van der Waals surface area contributed by atoms with Gasteiger partial charge < -0.3 is 30.0 Å². The number of benzene rings is 3. The Balaban J connectivity index is 0.867. The maximum absolute atomic E-state index is 14.0. The fraction of sp³-hybridized carbons (Fsp3) is 0.412. The average Bonchev–Trinajstić information content (AvgIpc) is 4.01. The summed E-state index contributed by atoms with van der Waals surface area (Å²) in [6.07, 6.45) is 10.5. The molecular formula is C51H60N6O10S4. The van der Waals surface area contributed by atoms with E-state index < -0.39 is 31.8 Å². The van der Waals surface area contributed by atoms with Crippen LogP contribution in [-0.2, 0) is 39.6 Å². The molecule has 2 aromatic heterocycles. The first kappa shape index (κ1) is 53.1. The molecule has 4 N–H and O–H groups in total. The molecule has 378 valence electrons. The molecule has 2 atom stereocenters. The number of nitrogens with one attached hydrogen (secondary N) is 3. The number of ether oxygens (including phenoxy) is 2. The first-order valence-electron chi connectivity index (χ1n) is 23.5. The fourth-order valence-corrected chi connectivity index (χ4v) is 13.0. The van der Waals surface area contributed by atoms with Crippen molar-refractivity contribution in [3.05, 3.63) is 94.1 Å². The van der Waals surface area contributed by atoms with Crippen molar-refractivity contribution in [1.29, 1.82) is 0 Å². The number of aryl methyl sites for hydroxylation is 2. The number of fused-ring (bicyclic) bond motifs is 5. The molecule has 0 fully saturated rings. The Morgan fingerprint density at radius 1 is 0.972 bits per heavy atom. The second-order valence-corrected chi connectivity index (χ2v) is 24.1. The largest absolute Gasteiger partial charge is 0.493 e. The molecule has 2 aliphatic rings. The lowest BCUT2D eigenvalue weighted by Crippen LogP contribution is -2.37. The molecule has 71 heavy (non-hydrogen) atoms. The van der Waals surface area contributed by atoms with Gasteiger partial charge in [0.1, 0.15) is 16.7 Å². The standard InChI is InChI=1S/C51H60N6O10S4/c1-7-8-9-10-12-32-14-16-40-33(21-32)23-37-28-52-39-27-43(42(66-6)26-38(39)50(62)57(37)40)67-19-11-13-47(59)54-36-25-41(56(5)29-36)48(60)55-35-15-17-44-34(22-35)24-45(69-44)49(61)53-30-51(3,4)70-68-20-18-46(31(2)58)71(63,64)65/h14-17,21-22,24-29,37,46H,7-13,18-20,23,30H2,1-6H3,(H,53,61)(H,54,59)(H,55,60)(H,63,64,65)/t37-,46?/m0/s1. The molecule has 16 nitrogen and oxygen atoms in total. The number of carbonyl (C=O) groups is 5. The minimum Gasteiger partial charge on any atom is -0.493 e. The number of aliphatic imine (C=N–C) groups is 1. The molecule has 2 aliphatic heterocycles. The van der Waals surface area contributed by atoms with Gasteiger partial charge in [0.25, 0.3) is 27.8 Å². The van der Waals surface area contributed by atoms with E-state index in [1.807, 2.05) is 31.0 Å². The lowest BCUT2D eigenvalue weighted by Gasteiger charge is -2.23. The summed E-state index contributed by atoms with van der Waals surface area (Å²) in [6.45, 7) is 7.71. The van der Waals surface area contributed by atoms with Gasteiger partial charge in [-0.1, -0.05) is 59.9 Å². The number of Topliss-reactive ketones (excluding diaryl/α,β-unsaturated/α-hetero) is 1. The molecule has 1 unspecified atom stereocenters. The van der Waals surface area contributed by atoms with Gasteiger partial charge in [-0.3, -0.25) is 38.4 Å². The lowest BCUT2D eigenvalue weighted by molar-refractivity contribution is -0.117. The van der Waals surface area contributed by atoms with Crippen LogP contribution in [0, 0.1) is 0 Å². The SMILES string of the molecule is CCCCCCc1ccc2c(c1)C[C@H]1C=Nc3cc(OCCCC(=O)Nc4cc(C(=O)Nc5ccc6sc(C(=O)NCC(C)(C)SSCCC(C(C)=O)S(=O)(=O)O)cc6c5)n(C)c4)c(OC)cc3C(=O)N21. The van der Waals surface area contributed by atoms with E-state index in [-0.39, 0.29) is 43.2 Å². The third-order valence-electron chi connectivity index (χ3n) is 12.2. The highest BCUT2D eigenvalue weighted by Gasteiger charge is 2.37. The molecule has 5 aromatic rings. The topological polar surface area (TPSA) is 215 Å². The Hall–Kier alpha value is -5.67. The summed E-state index contributed by atoms with van der Waals surface area (Å²) in [5, 5.41) is 8.03. The molecule has 4 heterocycles. The number of amides is 4. The number of hydrogen-bond acceptors (Lipinski definition) is 13. The van der Waals surface area contributed by atoms with Crippen LogP contribution in [0.5, 0.6) is 11.5 Å². The highest BCUT2D eigenvalue weighted by Crippen LogP contribution is 2.42. The summed E-state index contributed by atoms with van der Waals surface area (Å²) < 4.78 is 46.1. The predicted molar refractivity (Wildman–Crippen MR) is 285 cm³/mol. The fourth-order valence-electron chi connectivity index (χ4n) is 8.47. The van der Waals surface area contributed by atoms with E-state index >= 15 is 0 Å². The van der Waals surface area contributed by atoms with Crippen LogP contribution in [0.15, 0.2) is 71.9 Å². The molecule has 0 radical (unpaired) electrons. The van der Waals surface area contributed by atoms with Crippen LogP contribution in [0.3, 0.4) is 0 Å². The summed E-state index contributed by atoms with van der Waals surface area (Å²) in [4.78, 5) is 72.3. The minimum absolute atomic E-state index is 0.0177. The molecule has 7 rings (SSSR count). The van der Waals surface area contributed by atoms with Gasteiger partial charge in [-0.05, 0) is 105 Å². The zero-order chi connectivity index (χ0) is 51.0. The third-order valence-corrected chi connectivity index (χ3v) is 17.9. The van der Waals surface area contributed by atoms with E-state index in [2.05, 4.69) is 41.1 Å². The Kier molecular flexibility index (Phi) is 17.4. The van der Waals surface area contributed by atoms with Crippen molar-refractivity contribution in [1.82, 2.24) is 9.88 Å². The molecule has 20 heteroatoms. The summed E-state index contributed by atoms with van der Waals surface area (Å²) in [5.74, 6) is -0.561. The number of carbonyl (C=O) groups excluding carboxylic acids is 5. The van der Waals surface area contributed by atoms with E-state index in [0.717, 1.165) is 41.1 Å². The van der Waals surface area contributed by atoms with Crippen LogP contribution >= 0.6 is 32.9 Å². The van der Waals surface area contributed by atoms with Crippen molar-refractivity contribution in [2.75, 3.05) is 41.5 Å². The Morgan fingerprint density at radius 2 is 1.77 bits per heavy atom. The normalized spacial score (nSPS) is 14.6. The second-order valence-electron chi connectivity index (χ2n) is 18.3. The quantitative estimate of drug-likeness (QED) is 0.0258. The number of aromatic nitrogens is 1. The van der Waals surface area contributed by atoms with E-state index in [0.29, 0.717) is 69.8 Å². The van der Waals surface area contributed by atoms with E-state index in [9.17, 15) is 36.9 Å². The highest BCUT2D eigenvalue weighted by molar-refractivity contribution is 8.77. The van der Waals surface area contributed by atoms with Crippen LogP contribution in [0.4, 0.5) is 22.7 Å². The van der Waals surface area contributed by atoms with Crippen LogP contribution in [0.25, 0.3) is 10.1 Å². The average molecular weight is 1050 g/mol. The van der Waals surface area contributed by atoms with Gasteiger partial charge in [0.2, 0.25) is 5.91 Å². The zero-order valence-corrected chi connectivity index (χ0v) is 43.9. The van der Waals surface area contributed by atoms with Crippen molar-refractivity contribution in [3.8, 4) is 11.5 Å². The summed E-state index contributed by atoms with van der Waals surface area (Å²) in [6, 6.07) is 18.3. The van der Waals surface area contributed by atoms with Crippen molar-refractivity contribution in [2.24, 2.45) is 12.0 Å². The van der Waals surface area contributed by atoms with Crippen LogP contribution in [-0.4, -0.2) is 95.2 Å². The van der Waals surface area contributed by atoms with Crippen molar-refractivity contribution in [2.45, 2.75) is 102 Å². The van der Waals surface area contributed by atoms with Crippen LogP contribution in [0.2, 0.25) is 0 Å². The smallest absolute Gasteiger partial charge is 0.274 e. The number of thiophene rings is 1. The molecule has 0 saturated carbocycles. The van der Waals surface area contributed by atoms with Crippen molar-refractivity contribution < 1.29 is 46.4 Å². The van der Waals surface area contributed by atoms with E-state index in [1.54, 1.807) is 54.2 Å². The number of hydrogen-bond donors (Lipinski definition) is 4. The Morgan fingerprint density at radius 3 is 2.52 bits per heavy atom. The number of anilines is 3. The lowest BCUT2D eigenvalue weighted by atomic mass is 10.0. The molecule has 0 bridgehead atoms. The van der Waals surface area contributed by atoms with Gasteiger partial charge >= 0.3 is 0 Å². The maximum Gasteiger partial charge on any atom is 0.274 e. The van der Waals surface area contributed by atoms with E-state index in [1.165, 1.54) is 64.9 Å². The maximum atomic E-state index is 14.0. The molecule has 0 aliphatic carbocycles. The Bertz CT molecular complexity index is 2970. The molecule has 3 aromatic carbocycles. The monoisotopic (exact) mass is 1040 g/mol. The first-order chi connectivity index (χ1) is 33.8. The van der Waals surface area contributed by atoms with Gasteiger partial charge in [0, 0.05) is 71.5 Å². The van der Waals surface area contributed by atoms with Crippen molar-refractivity contribution >= 4 is 112 Å². The summed E-state index contributed by atoms with van der Waals surface area (Å²) in [5.41, 5.74) is 5.56. The predicted octanol–water partition coefficient (Wildman–Crippen LogP) is 9.83. The first-order valence-corrected chi connectivity index (χ1v) is 28.2. The number of rotatable bonds is 24. The summed E-state index contributed by atoms with van der Waals surface area (Å²) in [7, 11) is 1.56. The van der Waals surface area contributed by atoms with Crippen molar-refractivity contribution in [3.63, 3.8) is 0 Å². The zero-order valence-electron chi connectivity index (χ0n) is 40.7. The number of unbranched alkanes of at least 4 members (excludes halogenated alkanes) is 3. The van der Waals surface area contributed by atoms with Gasteiger partial charge in [-0.15, -0.1) is 11.3 Å². The molecule has 0 spiro atoms.